The van der Waals surface area contributed by atoms with E-state index in [4.69, 9.17) is 26.4 Å². The van der Waals surface area contributed by atoms with Gasteiger partial charge in [0, 0.05) is 17.8 Å². The van der Waals surface area contributed by atoms with Crippen molar-refractivity contribution in [3.63, 3.8) is 0 Å². The molecule has 0 unspecified atom stereocenters. The van der Waals surface area contributed by atoms with E-state index >= 15 is 0 Å². The second kappa shape index (κ2) is 3.22. The summed E-state index contributed by atoms with van der Waals surface area (Å²) in [6.45, 7) is 0.450. The summed E-state index contributed by atoms with van der Waals surface area (Å²) in [6, 6.07) is 5.52. The van der Waals surface area contributed by atoms with Gasteiger partial charge < -0.3 is 14.2 Å². The summed E-state index contributed by atoms with van der Waals surface area (Å²) in [5, 5.41) is 0.178. The number of methoxy groups -OCH3 is 1. The Hall–Kier alpha value is -1.29. The summed E-state index contributed by atoms with van der Waals surface area (Å²) in [5.74, 6) is 1.54. The first-order valence-electron chi connectivity index (χ1n) is 3.81. The van der Waals surface area contributed by atoms with E-state index in [2.05, 4.69) is 0 Å². The highest BCUT2D eigenvalue weighted by molar-refractivity contribution is 7.79. The molecule has 0 spiro atoms. The summed E-state index contributed by atoms with van der Waals surface area (Å²) >= 11 is 4.77. The van der Waals surface area contributed by atoms with Crippen molar-refractivity contribution >= 4 is 17.5 Å². The largest absolute Gasteiger partial charge is 0.497 e. The lowest BCUT2D eigenvalue weighted by atomic mass is 10.2. The Morgan fingerprint density at radius 2 is 2.31 bits per heavy atom. The monoisotopic (exact) mass is 196 g/mol. The van der Waals surface area contributed by atoms with Crippen LogP contribution in [-0.4, -0.2) is 12.3 Å². The lowest BCUT2D eigenvalue weighted by Gasteiger charge is -2.18. The van der Waals surface area contributed by atoms with Crippen molar-refractivity contribution in [3.8, 4) is 11.5 Å². The van der Waals surface area contributed by atoms with Gasteiger partial charge in [-0.1, -0.05) is 0 Å². The Kier molecular flexibility index (Phi) is 2.06. The van der Waals surface area contributed by atoms with Gasteiger partial charge in [0.2, 0.25) is 0 Å². The molecule has 2 rings (SSSR count). The normalized spacial score (nSPS) is 14.1. The van der Waals surface area contributed by atoms with Gasteiger partial charge in [-0.05, 0) is 18.2 Å². The van der Waals surface area contributed by atoms with Gasteiger partial charge in [0.15, 0.2) is 0 Å². The summed E-state index contributed by atoms with van der Waals surface area (Å²) < 4.78 is 15.3. The number of thiocarbonyl (C=S) groups is 1. The van der Waals surface area contributed by atoms with Crippen molar-refractivity contribution in [1.82, 2.24) is 0 Å². The Morgan fingerprint density at radius 3 is 3.08 bits per heavy atom. The van der Waals surface area contributed by atoms with Gasteiger partial charge in [-0.15, -0.1) is 0 Å². The minimum atomic E-state index is 0.178. The highest BCUT2D eigenvalue weighted by atomic mass is 32.1. The van der Waals surface area contributed by atoms with E-state index in [1.54, 1.807) is 7.11 Å². The maximum atomic E-state index is 5.18. The molecule has 1 aromatic rings. The number of rotatable bonds is 1. The molecule has 1 heterocycles. The quantitative estimate of drug-likeness (QED) is 0.641. The first-order valence-corrected chi connectivity index (χ1v) is 4.22. The average molecular weight is 196 g/mol. The van der Waals surface area contributed by atoms with Crippen molar-refractivity contribution in [2.75, 3.05) is 7.11 Å². The zero-order valence-electron chi connectivity index (χ0n) is 7.07. The lowest BCUT2D eigenvalue weighted by molar-refractivity contribution is 0.210. The van der Waals surface area contributed by atoms with Crippen molar-refractivity contribution in [1.29, 1.82) is 0 Å². The van der Waals surface area contributed by atoms with Gasteiger partial charge in [0.05, 0.1) is 7.11 Å². The number of hydrogen-bond acceptors (Lipinski definition) is 4. The predicted molar refractivity (Wildman–Crippen MR) is 51.0 cm³/mol. The molecule has 0 saturated carbocycles. The van der Waals surface area contributed by atoms with Crippen LogP contribution in [0.15, 0.2) is 18.2 Å². The predicted octanol–water partition coefficient (Wildman–Crippen LogP) is 1.89. The molecule has 1 aromatic carbocycles. The Labute approximate surface area is 81.2 Å². The molecule has 0 amide bonds. The molecule has 1 aliphatic rings. The number of ether oxygens (including phenoxy) is 3. The number of benzene rings is 1. The molecular formula is C9H8O3S. The molecule has 0 atom stereocenters. The first kappa shape index (κ1) is 8.31. The maximum absolute atomic E-state index is 5.18. The van der Waals surface area contributed by atoms with Crippen LogP contribution in [0.25, 0.3) is 0 Å². The minimum Gasteiger partial charge on any atom is -0.497 e. The third-order valence-electron chi connectivity index (χ3n) is 1.81. The first-order chi connectivity index (χ1) is 6.29. The third kappa shape index (κ3) is 1.58. The molecule has 0 aromatic heterocycles. The third-order valence-corrected chi connectivity index (χ3v) is 2.01. The van der Waals surface area contributed by atoms with Crippen LogP contribution >= 0.6 is 12.2 Å². The Bertz CT molecular complexity index is 349. The Morgan fingerprint density at radius 1 is 1.46 bits per heavy atom. The van der Waals surface area contributed by atoms with Crippen LogP contribution in [0.2, 0.25) is 0 Å². The molecular weight excluding hydrogens is 188 g/mol. The Balaban J connectivity index is 2.36. The fourth-order valence-electron chi connectivity index (χ4n) is 1.15. The summed E-state index contributed by atoms with van der Waals surface area (Å²) in [7, 11) is 1.62. The van der Waals surface area contributed by atoms with E-state index in [1.165, 1.54) is 0 Å². The fourth-order valence-corrected chi connectivity index (χ4v) is 1.30. The van der Waals surface area contributed by atoms with Gasteiger partial charge in [-0.3, -0.25) is 0 Å². The number of hydrogen-bond donors (Lipinski definition) is 0. The summed E-state index contributed by atoms with van der Waals surface area (Å²) in [5.41, 5.74) is 0.952. The van der Waals surface area contributed by atoms with E-state index in [0.717, 1.165) is 17.1 Å². The summed E-state index contributed by atoms with van der Waals surface area (Å²) in [6.07, 6.45) is 0. The van der Waals surface area contributed by atoms with Crippen LogP contribution in [0.1, 0.15) is 5.56 Å². The van der Waals surface area contributed by atoms with Gasteiger partial charge in [0.25, 0.3) is 0 Å². The topological polar surface area (TPSA) is 27.7 Å². The van der Waals surface area contributed by atoms with E-state index in [1.807, 2.05) is 18.2 Å². The summed E-state index contributed by atoms with van der Waals surface area (Å²) in [4.78, 5) is 0. The van der Waals surface area contributed by atoms with E-state index in [9.17, 15) is 0 Å². The average Bonchev–Trinajstić information content (AvgIpc) is 2.17. The highest BCUT2D eigenvalue weighted by Crippen LogP contribution is 2.28. The van der Waals surface area contributed by atoms with Crippen LogP contribution in [0.3, 0.4) is 0 Å². The van der Waals surface area contributed by atoms with Crippen LogP contribution in [0.4, 0.5) is 0 Å². The molecule has 0 fully saturated rings. The van der Waals surface area contributed by atoms with E-state index in [0.29, 0.717) is 6.61 Å². The minimum absolute atomic E-state index is 0.178. The van der Waals surface area contributed by atoms with Gasteiger partial charge in [-0.2, -0.15) is 0 Å². The molecule has 0 radical (unpaired) electrons. The molecule has 13 heavy (non-hydrogen) atoms. The second-order valence-electron chi connectivity index (χ2n) is 2.61. The molecule has 68 valence electrons. The SMILES string of the molecule is COc1ccc2c(c1)COC(=S)O2. The van der Waals surface area contributed by atoms with E-state index in [-0.39, 0.29) is 5.24 Å². The van der Waals surface area contributed by atoms with Crippen molar-refractivity contribution < 1.29 is 14.2 Å². The molecule has 4 heteroatoms. The van der Waals surface area contributed by atoms with Crippen molar-refractivity contribution in [2.45, 2.75) is 6.61 Å². The fraction of sp³-hybridized carbons (Fsp3) is 0.222. The molecule has 3 nitrogen and oxygen atoms in total. The second-order valence-corrected chi connectivity index (χ2v) is 2.95. The molecule has 0 aliphatic carbocycles. The molecule has 0 saturated heterocycles. The molecule has 0 N–H and O–H groups in total. The smallest absolute Gasteiger partial charge is 0.358 e. The van der Waals surface area contributed by atoms with Gasteiger partial charge in [0.1, 0.15) is 18.1 Å². The van der Waals surface area contributed by atoms with E-state index < -0.39 is 0 Å². The standard InChI is InChI=1S/C9H8O3S/c1-10-7-2-3-8-6(4-7)5-11-9(13)12-8/h2-4H,5H2,1H3. The zero-order valence-corrected chi connectivity index (χ0v) is 7.89. The van der Waals surface area contributed by atoms with Crippen LogP contribution in [-0.2, 0) is 11.3 Å². The van der Waals surface area contributed by atoms with Crippen molar-refractivity contribution in [3.05, 3.63) is 23.8 Å². The van der Waals surface area contributed by atoms with Crippen molar-refractivity contribution in [2.24, 2.45) is 0 Å². The maximum Gasteiger partial charge on any atom is 0.358 e. The number of fused-ring (bicyclic) bond motifs is 1. The van der Waals surface area contributed by atoms with Gasteiger partial charge in [-0.25, -0.2) is 0 Å². The van der Waals surface area contributed by atoms with Crippen LogP contribution < -0.4 is 9.47 Å². The van der Waals surface area contributed by atoms with Gasteiger partial charge >= 0.3 is 5.24 Å². The lowest BCUT2D eigenvalue weighted by Crippen LogP contribution is -2.16. The highest BCUT2D eigenvalue weighted by Gasteiger charge is 2.15. The molecule has 0 bridgehead atoms. The van der Waals surface area contributed by atoms with Crippen LogP contribution in [0.5, 0.6) is 11.5 Å². The van der Waals surface area contributed by atoms with Crippen LogP contribution in [0, 0.1) is 0 Å². The molecule has 1 aliphatic heterocycles. The zero-order chi connectivity index (χ0) is 9.26.